The van der Waals surface area contributed by atoms with E-state index in [1.165, 1.54) is 6.42 Å². The Bertz CT molecular complexity index is 29.4. The quantitative estimate of drug-likeness (QED) is 0.275. The molecule has 0 aromatic heterocycles. The third-order valence-electron chi connectivity index (χ3n) is 0.987. The molecule has 0 saturated carbocycles. The maximum Gasteiger partial charge on any atom is 0.0220 e. The van der Waals surface area contributed by atoms with Gasteiger partial charge in [-0.25, -0.2) is 0 Å². The van der Waals surface area contributed by atoms with Crippen LogP contribution in [0.25, 0.3) is 0 Å². The SMILES string of the molecule is [SiH3][SiH2][SiH2]CCCCl. The largest absolute Gasteiger partial charge is 0.127 e. The van der Waals surface area contributed by atoms with E-state index in [4.69, 9.17) is 11.6 Å². The Labute approximate surface area is 57.7 Å². The van der Waals surface area contributed by atoms with E-state index in [0.29, 0.717) is 17.6 Å². The maximum atomic E-state index is 5.49. The summed E-state index contributed by atoms with van der Waals surface area (Å²) in [5, 5.41) is 0. The van der Waals surface area contributed by atoms with Crippen LogP contribution in [0.3, 0.4) is 0 Å². The average molecular weight is 169 g/mol. The molecule has 0 aliphatic carbocycles. The Morgan fingerprint density at radius 3 is 2.71 bits per heavy atom. The van der Waals surface area contributed by atoms with Crippen LogP contribution >= 0.6 is 11.6 Å². The van der Waals surface area contributed by atoms with Crippen molar-refractivity contribution in [2.45, 2.75) is 12.5 Å². The van der Waals surface area contributed by atoms with Crippen LogP contribution in [0.2, 0.25) is 6.04 Å². The number of halogens is 1. The molecule has 0 unspecified atom stereocenters. The van der Waals surface area contributed by atoms with Crippen molar-refractivity contribution in [1.82, 2.24) is 0 Å². The van der Waals surface area contributed by atoms with Crippen molar-refractivity contribution in [2.75, 3.05) is 5.88 Å². The molecule has 0 bridgehead atoms. The monoisotopic (exact) mass is 168 g/mol. The van der Waals surface area contributed by atoms with Gasteiger partial charge in [-0.05, 0) is 24.7 Å². The summed E-state index contributed by atoms with van der Waals surface area (Å²) < 4.78 is 0. The van der Waals surface area contributed by atoms with E-state index >= 15 is 0 Å². The minimum atomic E-state index is 0.527. The van der Waals surface area contributed by atoms with Gasteiger partial charge < -0.3 is 0 Å². The number of hydrogen-bond acceptors (Lipinski definition) is 0. The topological polar surface area (TPSA) is 0 Å². The lowest BCUT2D eigenvalue weighted by Gasteiger charge is -1.87. The molecule has 0 rings (SSSR count). The molecule has 0 aromatic carbocycles. The van der Waals surface area contributed by atoms with Gasteiger partial charge in [0.2, 0.25) is 0 Å². The molecule has 0 saturated heterocycles. The summed E-state index contributed by atoms with van der Waals surface area (Å²) in [5.41, 5.74) is 0. The van der Waals surface area contributed by atoms with Gasteiger partial charge in [-0.3, -0.25) is 0 Å². The summed E-state index contributed by atoms with van der Waals surface area (Å²) in [4.78, 5) is 0. The summed E-state index contributed by atoms with van der Waals surface area (Å²) in [6.45, 7) is 0. The first-order valence-corrected chi connectivity index (χ1v) is 14.2. The molecule has 0 N–H and O–H groups in total. The zero-order chi connectivity index (χ0) is 5.54. The van der Waals surface area contributed by atoms with Crippen molar-refractivity contribution in [1.29, 1.82) is 0 Å². The molecule has 0 nitrogen and oxygen atoms in total. The van der Waals surface area contributed by atoms with Crippen molar-refractivity contribution in [3.63, 3.8) is 0 Å². The Morgan fingerprint density at radius 1 is 1.57 bits per heavy atom. The van der Waals surface area contributed by atoms with Gasteiger partial charge in [0.15, 0.2) is 0 Å². The van der Waals surface area contributed by atoms with E-state index in [1.54, 1.807) is 15.8 Å². The van der Waals surface area contributed by atoms with Crippen molar-refractivity contribution < 1.29 is 0 Å². The van der Waals surface area contributed by atoms with E-state index < -0.39 is 0 Å². The van der Waals surface area contributed by atoms with Crippen molar-refractivity contribution in [3.8, 4) is 0 Å². The van der Waals surface area contributed by atoms with E-state index in [1.807, 2.05) is 0 Å². The lowest BCUT2D eigenvalue weighted by molar-refractivity contribution is 1.09. The lowest BCUT2D eigenvalue weighted by atomic mass is 10.6. The molecule has 0 aromatic rings. The fourth-order valence-electron chi connectivity index (χ4n) is 0.521. The van der Waals surface area contributed by atoms with Crippen LogP contribution in [-0.4, -0.2) is 33.2 Å². The van der Waals surface area contributed by atoms with Crippen LogP contribution < -0.4 is 0 Å². The average Bonchev–Trinajstić information content (AvgIpc) is 1.69. The molecular formula is C3H13ClSi3. The number of hydrogen-bond donors (Lipinski definition) is 0. The molecule has 4 heteroatoms. The zero-order valence-electron chi connectivity index (χ0n) is 4.91. The van der Waals surface area contributed by atoms with E-state index in [0.717, 1.165) is 5.88 Å². The first-order chi connectivity index (χ1) is 3.41. The standard InChI is InChI=1S/C3H13ClSi3/c4-2-1-3-6-7-5/h1-3,6-7H2,5H3. The smallest absolute Gasteiger partial charge is 0.0220 e. The second kappa shape index (κ2) is 6.94. The molecule has 0 fully saturated rings. The zero-order valence-corrected chi connectivity index (χ0v) is 10.5. The van der Waals surface area contributed by atoms with Gasteiger partial charge in [0.05, 0.1) is 0 Å². The van der Waals surface area contributed by atoms with Crippen molar-refractivity contribution in [2.24, 2.45) is 0 Å². The third-order valence-corrected chi connectivity index (χ3v) is 12.9. The number of rotatable bonds is 4. The second-order valence-electron chi connectivity index (χ2n) is 1.75. The van der Waals surface area contributed by atoms with Crippen LogP contribution in [0.4, 0.5) is 0 Å². The molecular weight excluding hydrogens is 156 g/mol. The van der Waals surface area contributed by atoms with Crippen LogP contribution in [0.15, 0.2) is 0 Å². The highest BCUT2D eigenvalue weighted by Crippen LogP contribution is 1.88. The normalized spacial score (nSPS) is 13.3. The molecule has 0 aliphatic rings. The fourth-order valence-corrected chi connectivity index (χ4v) is 9.19. The van der Waals surface area contributed by atoms with E-state index in [-0.39, 0.29) is 0 Å². The molecule has 44 valence electrons. The summed E-state index contributed by atoms with van der Waals surface area (Å²) >= 11 is 5.49. The Hall–Kier alpha value is 0.941. The molecule has 0 heterocycles. The predicted octanol–water partition coefficient (Wildman–Crippen LogP) is -1.43. The number of alkyl halides is 1. The maximum absolute atomic E-state index is 5.49. The third kappa shape index (κ3) is 6.94. The molecule has 0 atom stereocenters. The van der Waals surface area contributed by atoms with Crippen LogP contribution in [0, 0.1) is 0 Å². The summed E-state index contributed by atoms with van der Waals surface area (Å²) in [6, 6.07) is 1.54. The second-order valence-corrected chi connectivity index (χ2v) is 18.7. The first-order valence-electron chi connectivity index (χ1n) is 2.97. The van der Waals surface area contributed by atoms with Gasteiger partial charge in [-0.15, -0.1) is 11.6 Å². The first kappa shape index (κ1) is 7.94. The lowest BCUT2D eigenvalue weighted by Crippen LogP contribution is -2.01. The highest BCUT2D eigenvalue weighted by molar-refractivity contribution is 7.23. The van der Waals surface area contributed by atoms with Crippen LogP contribution in [0.5, 0.6) is 0 Å². The minimum Gasteiger partial charge on any atom is -0.127 e. The molecule has 0 radical (unpaired) electrons. The van der Waals surface area contributed by atoms with Gasteiger partial charge in [0, 0.05) is 14.9 Å². The summed E-state index contributed by atoms with van der Waals surface area (Å²) in [7, 11) is 2.70. The summed E-state index contributed by atoms with van der Waals surface area (Å²) in [5.74, 6) is 0.906. The Morgan fingerprint density at radius 2 is 2.29 bits per heavy atom. The van der Waals surface area contributed by atoms with Gasteiger partial charge in [0.1, 0.15) is 0 Å². The van der Waals surface area contributed by atoms with E-state index in [9.17, 15) is 0 Å². The van der Waals surface area contributed by atoms with Gasteiger partial charge in [-0.1, -0.05) is 6.04 Å². The van der Waals surface area contributed by atoms with Crippen molar-refractivity contribution in [3.05, 3.63) is 0 Å². The minimum absolute atomic E-state index is 0.527. The van der Waals surface area contributed by atoms with Gasteiger partial charge >= 0.3 is 0 Å². The predicted molar refractivity (Wildman–Crippen MR) is 47.2 cm³/mol. The van der Waals surface area contributed by atoms with Crippen LogP contribution in [0.1, 0.15) is 6.42 Å². The molecule has 0 aliphatic heterocycles. The van der Waals surface area contributed by atoms with Crippen molar-refractivity contribution >= 4 is 39.0 Å². The van der Waals surface area contributed by atoms with Crippen LogP contribution in [-0.2, 0) is 0 Å². The molecule has 0 amide bonds. The fraction of sp³-hybridized carbons (Fsp3) is 1.00. The Balaban J connectivity index is 2.45. The highest BCUT2D eigenvalue weighted by atomic mass is 35.5. The van der Waals surface area contributed by atoms with E-state index in [2.05, 4.69) is 0 Å². The summed E-state index contributed by atoms with van der Waals surface area (Å²) in [6.07, 6.45) is 1.31. The Kier molecular flexibility index (Phi) is 7.87. The van der Waals surface area contributed by atoms with Gasteiger partial charge in [0.25, 0.3) is 0 Å². The highest BCUT2D eigenvalue weighted by Gasteiger charge is 1.82. The molecule has 0 spiro atoms. The van der Waals surface area contributed by atoms with Gasteiger partial charge in [-0.2, -0.15) is 0 Å². The molecule has 7 heavy (non-hydrogen) atoms.